The van der Waals surface area contributed by atoms with Crippen molar-refractivity contribution in [3.8, 4) is 11.1 Å². The van der Waals surface area contributed by atoms with E-state index >= 15 is 0 Å². The van der Waals surface area contributed by atoms with Crippen molar-refractivity contribution in [2.75, 3.05) is 0 Å². The van der Waals surface area contributed by atoms with Crippen molar-refractivity contribution in [1.29, 1.82) is 0 Å². The van der Waals surface area contributed by atoms with Gasteiger partial charge in [0.15, 0.2) is 0 Å². The monoisotopic (exact) mass is 212 g/mol. The summed E-state index contributed by atoms with van der Waals surface area (Å²) in [6.45, 7) is 0. The van der Waals surface area contributed by atoms with Gasteiger partial charge in [-0.05, 0) is 11.6 Å². The van der Waals surface area contributed by atoms with E-state index in [9.17, 15) is 9.70 Å². The van der Waals surface area contributed by atoms with Crippen LogP contribution >= 0.6 is 0 Å². The molecule has 1 heterocycles. The third-order valence-corrected chi connectivity index (χ3v) is 2.17. The zero-order chi connectivity index (χ0) is 11.4. The van der Waals surface area contributed by atoms with Crippen molar-refractivity contribution >= 4 is 5.91 Å². The van der Waals surface area contributed by atoms with Crippen molar-refractivity contribution in [1.82, 2.24) is 4.98 Å². The number of carbonyl (C=O) groups is 1. The largest absolute Gasteiger partial charge is 0.334 e. The molecular weight excluding hydrogens is 204 g/mol. The average molecular weight is 212 g/mol. The van der Waals surface area contributed by atoms with Gasteiger partial charge in [-0.3, -0.25) is 9.78 Å². The predicted octanol–water partition coefficient (Wildman–Crippen LogP) is 2.66. The Kier molecular flexibility index (Phi) is 2.82. The van der Waals surface area contributed by atoms with Gasteiger partial charge in [-0.15, -0.1) is 4.91 Å². The Balaban J connectivity index is 2.33. The van der Waals surface area contributed by atoms with Gasteiger partial charge in [0.1, 0.15) is 5.69 Å². The van der Waals surface area contributed by atoms with Gasteiger partial charge in [-0.1, -0.05) is 36.4 Å². The van der Waals surface area contributed by atoms with E-state index < -0.39 is 5.91 Å². The number of hydrogen-bond acceptors (Lipinski definition) is 3. The molecular formula is C12H8N2O2. The molecule has 0 fully saturated rings. The van der Waals surface area contributed by atoms with Crippen molar-refractivity contribution in [3.63, 3.8) is 0 Å². The lowest BCUT2D eigenvalue weighted by Crippen LogP contribution is -1.96. The highest BCUT2D eigenvalue weighted by Crippen LogP contribution is 2.17. The minimum atomic E-state index is -0.848. The fourth-order valence-electron chi connectivity index (χ4n) is 1.37. The molecule has 4 nitrogen and oxygen atoms in total. The number of nitroso groups, excluding NO2 is 1. The van der Waals surface area contributed by atoms with Crippen LogP contribution in [0.3, 0.4) is 0 Å². The molecule has 2 rings (SSSR count). The third-order valence-electron chi connectivity index (χ3n) is 2.17. The van der Waals surface area contributed by atoms with Crippen LogP contribution in [0.2, 0.25) is 0 Å². The molecule has 1 amide bonds. The summed E-state index contributed by atoms with van der Waals surface area (Å²) in [6, 6.07) is 12.9. The van der Waals surface area contributed by atoms with Crippen LogP contribution in [0.25, 0.3) is 11.1 Å². The second-order valence-corrected chi connectivity index (χ2v) is 3.19. The van der Waals surface area contributed by atoms with Crippen LogP contribution in [-0.4, -0.2) is 10.9 Å². The first kappa shape index (κ1) is 10.2. The second-order valence-electron chi connectivity index (χ2n) is 3.19. The van der Waals surface area contributed by atoms with E-state index in [2.05, 4.69) is 10.2 Å². The summed E-state index contributed by atoms with van der Waals surface area (Å²) in [6.07, 6.45) is 1.55. The number of aromatic nitrogens is 1. The summed E-state index contributed by atoms with van der Waals surface area (Å²) >= 11 is 0. The Morgan fingerprint density at radius 2 is 1.75 bits per heavy atom. The minimum absolute atomic E-state index is 0.0645. The number of amides is 1. The van der Waals surface area contributed by atoms with Crippen LogP contribution in [0.1, 0.15) is 10.5 Å². The quantitative estimate of drug-likeness (QED) is 0.719. The van der Waals surface area contributed by atoms with E-state index in [0.717, 1.165) is 11.1 Å². The van der Waals surface area contributed by atoms with E-state index in [-0.39, 0.29) is 5.69 Å². The van der Waals surface area contributed by atoms with E-state index in [1.54, 1.807) is 12.3 Å². The number of rotatable bonds is 2. The minimum Gasteiger partial charge on any atom is -0.261 e. The van der Waals surface area contributed by atoms with Crippen LogP contribution in [0, 0.1) is 4.91 Å². The highest BCUT2D eigenvalue weighted by atomic mass is 16.3. The lowest BCUT2D eigenvalue weighted by atomic mass is 10.1. The Morgan fingerprint density at radius 3 is 2.31 bits per heavy atom. The standard InChI is InChI=1S/C12H8N2O2/c15-12(14-16)11-7-6-10(8-13-11)9-4-2-1-3-5-9/h1-8H. The highest BCUT2D eigenvalue weighted by molar-refractivity contribution is 5.93. The molecule has 0 aliphatic heterocycles. The first-order valence-electron chi connectivity index (χ1n) is 4.70. The first-order chi connectivity index (χ1) is 7.81. The fourth-order valence-corrected chi connectivity index (χ4v) is 1.37. The zero-order valence-corrected chi connectivity index (χ0v) is 8.33. The molecule has 0 bridgehead atoms. The topological polar surface area (TPSA) is 59.4 Å². The fraction of sp³-hybridized carbons (Fsp3) is 0. The third kappa shape index (κ3) is 2.00. The lowest BCUT2D eigenvalue weighted by molar-refractivity contribution is 0.0996. The summed E-state index contributed by atoms with van der Waals surface area (Å²) in [7, 11) is 0. The number of nitrogens with zero attached hydrogens (tertiary/aromatic N) is 2. The van der Waals surface area contributed by atoms with Gasteiger partial charge < -0.3 is 0 Å². The molecule has 4 heteroatoms. The molecule has 78 valence electrons. The molecule has 2 aromatic rings. The lowest BCUT2D eigenvalue weighted by Gasteiger charge is -2.00. The number of hydrogen-bond donors (Lipinski definition) is 0. The molecule has 0 spiro atoms. The molecule has 0 unspecified atom stereocenters. The maximum absolute atomic E-state index is 10.9. The summed E-state index contributed by atoms with van der Waals surface area (Å²) in [5, 5.41) is 2.31. The maximum atomic E-state index is 10.9. The molecule has 1 aromatic carbocycles. The molecule has 0 N–H and O–H groups in total. The van der Waals surface area contributed by atoms with Gasteiger partial charge in [0.2, 0.25) is 0 Å². The molecule has 1 aromatic heterocycles. The summed E-state index contributed by atoms with van der Waals surface area (Å²) in [5.74, 6) is -0.848. The maximum Gasteiger partial charge on any atom is 0.334 e. The molecule has 0 atom stereocenters. The van der Waals surface area contributed by atoms with Crippen LogP contribution in [0.5, 0.6) is 0 Å². The normalized spacial score (nSPS) is 9.75. The second kappa shape index (κ2) is 4.44. The van der Waals surface area contributed by atoms with Gasteiger partial charge in [-0.2, -0.15) is 0 Å². The van der Waals surface area contributed by atoms with Crippen molar-refractivity contribution in [3.05, 3.63) is 59.3 Å². The van der Waals surface area contributed by atoms with E-state index in [0.29, 0.717) is 0 Å². The Morgan fingerprint density at radius 1 is 1.00 bits per heavy atom. The van der Waals surface area contributed by atoms with Gasteiger partial charge in [0.05, 0.1) is 0 Å². The number of pyridine rings is 1. The van der Waals surface area contributed by atoms with E-state index in [1.807, 2.05) is 30.3 Å². The molecule has 0 radical (unpaired) electrons. The Bertz CT molecular complexity index is 506. The first-order valence-corrected chi connectivity index (χ1v) is 4.70. The summed E-state index contributed by atoms with van der Waals surface area (Å²) in [4.78, 5) is 24.8. The van der Waals surface area contributed by atoms with Crippen LogP contribution < -0.4 is 0 Å². The smallest absolute Gasteiger partial charge is 0.261 e. The predicted molar refractivity (Wildman–Crippen MR) is 59.8 cm³/mol. The number of benzene rings is 1. The Labute approximate surface area is 91.9 Å². The molecule has 0 aliphatic carbocycles. The molecule has 0 saturated heterocycles. The highest BCUT2D eigenvalue weighted by Gasteiger charge is 2.06. The van der Waals surface area contributed by atoms with Crippen LogP contribution in [0.4, 0.5) is 0 Å². The van der Waals surface area contributed by atoms with Crippen molar-refractivity contribution < 1.29 is 4.79 Å². The van der Waals surface area contributed by atoms with Gasteiger partial charge in [0.25, 0.3) is 0 Å². The van der Waals surface area contributed by atoms with Crippen LogP contribution in [0.15, 0.2) is 53.8 Å². The van der Waals surface area contributed by atoms with Gasteiger partial charge in [0, 0.05) is 16.9 Å². The molecule has 16 heavy (non-hydrogen) atoms. The summed E-state index contributed by atoms with van der Waals surface area (Å²) in [5.41, 5.74) is 1.96. The van der Waals surface area contributed by atoms with E-state index in [1.165, 1.54) is 6.07 Å². The zero-order valence-electron chi connectivity index (χ0n) is 8.33. The van der Waals surface area contributed by atoms with Crippen LogP contribution in [-0.2, 0) is 0 Å². The summed E-state index contributed by atoms with van der Waals surface area (Å²) < 4.78 is 0. The van der Waals surface area contributed by atoms with E-state index in [4.69, 9.17) is 0 Å². The average Bonchev–Trinajstić information content (AvgIpc) is 2.39. The Hall–Kier alpha value is -2.36. The molecule has 0 aliphatic rings. The van der Waals surface area contributed by atoms with Crippen molar-refractivity contribution in [2.45, 2.75) is 0 Å². The van der Waals surface area contributed by atoms with Gasteiger partial charge in [-0.25, -0.2) is 0 Å². The van der Waals surface area contributed by atoms with Gasteiger partial charge >= 0.3 is 5.91 Å². The van der Waals surface area contributed by atoms with Crippen molar-refractivity contribution in [2.24, 2.45) is 5.18 Å². The molecule has 0 saturated carbocycles. The SMILES string of the molecule is O=NC(=O)c1ccc(-c2ccccc2)cn1. The number of carbonyl (C=O) groups excluding carboxylic acids is 1.